The molecule has 2 aliphatic heterocycles. The molecule has 1 unspecified atom stereocenters. The fraction of sp³-hybridized carbons (Fsp3) is 0.481. The van der Waals surface area contributed by atoms with E-state index in [1.165, 1.54) is 0 Å². The molecule has 8 heteroatoms. The smallest absolute Gasteiger partial charge is 0.407 e. The van der Waals surface area contributed by atoms with Gasteiger partial charge in [0.05, 0.1) is 47.2 Å². The van der Waals surface area contributed by atoms with Gasteiger partial charge in [0, 0.05) is 18.3 Å². The van der Waals surface area contributed by atoms with Crippen molar-refractivity contribution in [3.05, 3.63) is 53.3 Å². The Balaban J connectivity index is 1.65. The summed E-state index contributed by atoms with van der Waals surface area (Å²) in [5, 5.41) is 12.4. The van der Waals surface area contributed by atoms with Crippen LogP contribution in [0.4, 0.5) is 16.2 Å². The highest BCUT2D eigenvalue weighted by molar-refractivity contribution is 6.09. The number of piperidine rings is 1. The molecule has 1 aromatic carbocycles. The summed E-state index contributed by atoms with van der Waals surface area (Å²) in [5.74, 6) is -0.0467. The van der Waals surface area contributed by atoms with Crippen molar-refractivity contribution in [2.75, 3.05) is 22.9 Å². The maximum Gasteiger partial charge on any atom is 0.407 e. The minimum atomic E-state index is -0.786. The number of ether oxygens (including phenoxy) is 1. The normalized spacial score (nSPS) is 19.2. The van der Waals surface area contributed by atoms with Gasteiger partial charge in [-0.3, -0.25) is 9.78 Å². The predicted octanol–water partition coefficient (Wildman–Crippen LogP) is 4.27. The first-order valence-electron chi connectivity index (χ1n) is 12.0. The number of aromatic nitrogens is 1. The molecule has 0 radical (unpaired) electrons. The molecule has 184 valence electrons. The Morgan fingerprint density at radius 3 is 2.74 bits per heavy atom. The van der Waals surface area contributed by atoms with E-state index in [-0.39, 0.29) is 17.6 Å². The van der Waals surface area contributed by atoms with Gasteiger partial charge in [0.1, 0.15) is 6.10 Å². The van der Waals surface area contributed by atoms with Crippen LogP contribution < -0.4 is 15.1 Å². The molecule has 2 amide bonds. The maximum atomic E-state index is 13.6. The topological polar surface area (TPSA) is 98.6 Å². The molecule has 2 aromatic rings. The largest absolute Gasteiger partial charge is 0.444 e. The fourth-order valence-electron chi connectivity index (χ4n) is 4.79. The van der Waals surface area contributed by atoms with Crippen molar-refractivity contribution >= 4 is 23.4 Å². The Kier molecular flexibility index (Phi) is 6.46. The van der Waals surface area contributed by atoms with Crippen molar-refractivity contribution in [1.29, 1.82) is 5.26 Å². The third-order valence-electron chi connectivity index (χ3n) is 6.48. The molecule has 1 saturated heterocycles. The number of alkyl carbamates (subject to hydrolysis) is 1. The molecule has 0 saturated carbocycles. The standard InChI is InChI=1S/C27H33N5O3/c1-26(2,3)30-25(34)35-20-11-8-14-31(17-20)21-12-13-29-23-22(21)32(24(33)27(23,4)5)16-19-10-7-6-9-18(19)15-28/h6-7,9-10,12-13,20H,8,11,14,16-17H2,1-5H3,(H,30,34). The lowest BCUT2D eigenvalue weighted by atomic mass is 9.90. The SMILES string of the molecule is CC(C)(C)NC(=O)OC1CCCN(c2ccnc3c2N(Cc2ccccc2C#N)C(=O)C3(C)C)C1. The summed E-state index contributed by atoms with van der Waals surface area (Å²) in [4.78, 5) is 34.5. The summed E-state index contributed by atoms with van der Waals surface area (Å²) in [5.41, 5.74) is 2.58. The van der Waals surface area contributed by atoms with Gasteiger partial charge in [-0.1, -0.05) is 18.2 Å². The lowest BCUT2D eigenvalue weighted by molar-refractivity contribution is -0.122. The van der Waals surface area contributed by atoms with Gasteiger partial charge in [-0.25, -0.2) is 4.79 Å². The van der Waals surface area contributed by atoms with Crippen LogP contribution >= 0.6 is 0 Å². The second-order valence-electron chi connectivity index (χ2n) is 10.8. The summed E-state index contributed by atoms with van der Waals surface area (Å²) < 4.78 is 5.73. The van der Waals surface area contributed by atoms with Crippen LogP contribution in [0.2, 0.25) is 0 Å². The first-order valence-corrected chi connectivity index (χ1v) is 12.0. The molecule has 35 heavy (non-hydrogen) atoms. The molecule has 3 heterocycles. The van der Waals surface area contributed by atoms with Crippen LogP contribution in [0.25, 0.3) is 0 Å². The average molecular weight is 476 g/mol. The van der Waals surface area contributed by atoms with Gasteiger partial charge >= 0.3 is 6.09 Å². The van der Waals surface area contributed by atoms with Gasteiger partial charge in [-0.05, 0) is 65.2 Å². The monoisotopic (exact) mass is 475 g/mol. The minimum Gasteiger partial charge on any atom is -0.444 e. The highest BCUT2D eigenvalue weighted by Crippen LogP contribution is 2.46. The van der Waals surface area contributed by atoms with Gasteiger partial charge in [0.25, 0.3) is 0 Å². The lowest BCUT2D eigenvalue weighted by Crippen LogP contribution is -2.46. The number of carbonyl (C=O) groups excluding carboxylic acids is 2. The Morgan fingerprint density at radius 2 is 2.03 bits per heavy atom. The number of anilines is 2. The van der Waals surface area contributed by atoms with E-state index in [0.29, 0.717) is 18.7 Å². The highest BCUT2D eigenvalue weighted by Gasteiger charge is 2.47. The molecule has 4 rings (SSSR count). The van der Waals surface area contributed by atoms with Crippen LogP contribution in [0.5, 0.6) is 0 Å². The Labute approximate surface area is 206 Å². The number of benzene rings is 1. The molecule has 2 aliphatic rings. The zero-order chi connectivity index (χ0) is 25.4. The van der Waals surface area contributed by atoms with Gasteiger partial charge in [-0.2, -0.15) is 5.26 Å². The number of rotatable bonds is 4. The van der Waals surface area contributed by atoms with Gasteiger partial charge in [0.2, 0.25) is 5.91 Å². The summed E-state index contributed by atoms with van der Waals surface area (Å²) in [6.45, 7) is 11.1. The van der Waals surface area contributed by atoms with Crippen LogP contribution in [0.15, 0.2) is 36.5 Å². The molecule has 1 aromatic heterocycles. The van der Waals surface area contributed by atoms with Crippen molar-refractivity contribution in [3.8, 4) is 6.07 Å². The molecule has 1 fully saturated rings. The molecular formula is C27H33N5O3. The van der Waals surface area contributed by atoms with E-state index in [1.54, 1.807) is 17.2 Å². The Bertz CT molecular complexity index is 1180. The van der Waals surface area contributed by atoms with Crippen molar-refractivity contribution in [1.82, 2.24) is 10.3 Å². The van der Waals surface area contributed by atoms with Gasteiger partial charge in [-0.15, -0.1) is 0 Å². The van der Waals surface area contributed by atoms with E-state index in [4.69, 9.17) is 4.74 Å². The second-order valence-corrected chi connectivity index (χ2v) is 10.8. The number of hydrogen-bond donors (Lipinski definition) is 1. The Hall–Kier alpha value is -3.60. The van der Waals surface area contributed by atoms with Crippen molar-refractivity contribution in [2.24, 2.45) is 0 Å². The molecule has 0 spiro atoms. The number of hydrogen-bond acceptors (Lipinski definition) is 6. The first-order chi connectivity index (χ1) is 16.5. The maximum absolute atomic E-state index is 13.6. The lowest BCUT2D eigenvalue weighted by Gasteiger charge is -2.36. The van der Waals surface area contributed by atoms with Crippen molar-refractivity contribution < 1.29 is 14.3 Å². The Morgan fingerprint density at radius 1 is 1.29 bits per heavy atom. The number of nitriles is 1. The van der Waals surface area contributed by atoms with E-state index in [2.05, 4.69) is 21.3 Å². The summed E-state index contributed by atoms with van der Waals surface area (Å²) in [7, 11) is 0. The van der Waals surface area contributed by atoms with Crippen LogP contribution in [-0.4, -0.2) is 41.7 Å². The number of fused-ring (bicyclic) bond motifs is 1. The first kappa shape index (κ1) is 24.5. The number of amides is 2. The number of carbonyl (C=O) groups is 2. The fourth-order valence-corrected chi connectivity index (χ4v) is 4.79. The molecule has 1 N–H and O–H groups in total. The number of nitrogens with one attached hydrogen (secondary N) is 1. The zero-order valence-corrected chi connectivity index (χ0v) is 21.1. The van der Waals surface area contributed by atoms with Gasteiger partial charge < -0.3 is 19.9 Å². The molecule has 0 bridgehead atoms. The summed E-state index contributed by atoms with van der Waals surface area (Å²) in [6.07, 6.45) is 2.71. The summed E-state index contributed by atoms with van der Waals surface area (Å²) >= 11 is 0. The van der Waals surface area contributed by atoms with Crippen molar-refractivity contribution in [2.45, 2.75) is 71.1 Å². The average Bonchev–Trinajstić information content (AvgIpc) is 2.99. The van der Waals surface area contributed by atoms with Gasteiger partial charge in [0.15, 0.2) is 0 Å². The minimum absolute atomic E-state index is 0.0467. The highest BCUT2D eigenvalue weighted by atomic mass is 16.6. The van der Waals surface area contributed by atoms with Crippen molar-refractivity contribution in [3.63, 3.8) is 0 Å². The number of nitrogens with zero attached hydrogens (tertiary/aromatic N) is 4. The molecule has 0 aliphatic carbocycles. The van der Waals surface area contributed by atoms with E-state index in [0.717, 1.165) is 42.0 Å². The number of pyridine rings is 1. The molecule has 8 nitrogen and oxygen atoms in total. The van der Waals surface area contributed by atoms with E-state index >= 15 is 0 Å². The zero-order valence-electron chi connectivity index (χ0n) is 21.1. The third-order valence-corrected chi connectivity index (χ3v) is 6.48. The van der Waals surface area contributed by atoms with Crippen LogP contribution in [0, 0.1) is 11.3 Å². The predicted molar refractivity (Wildman–Crippen MR) is 134 cm³/mol. The van der Waals surface area contributed by atoms with Crippen LogP contribution in [0.3, 0.4) is 0 Å². The molecular weight excluding hydrogens is 442 g/mol. The quantitative estimate of drug-likeness (QED) is 0.709. The van der Waals surface area contributed by atoms with Crippen LogP contribution in [0.1, 0.15) is 64.3 Å². The van der Waals surface area contributed by atoms with E-state index in [1.807, 2.05) is 58.9 Å². The third kappa shape index (κ3) is 4.95. The second kappa shape index (κ2) is 9.21. The summed E-state index contributed by atoms with van der Waals surface area (Å²) in [6, 6.07) is 11.5. The van der Waals surface area contributed by atoms with E-state index < -0.39 is 11.5 Å². The van der Waals surface area contributed by atoms with Crippen LogP contribution in [-0.2, 0) is 21.5 Å². The molecule has 1 atom stereocenters. The van der Waals surface area contributed by atoms with E-state index in [9.17, 15) is 14.9 Å².